The molecule has 0 bridgehead atoms. The van der Waals surface area contributed by atoms with Gasteiger partial charge in [0.1, 0.15) is 6.10 Å². The van der Waals surface area contributed by atoms with Gasteiger partial charge in [0, 0.05) is 34.9 Å². The Morgan fingerprint density at radius 2 is 1.85 bits per heavy atom. The molecule has 0 amide bonds. The topological polar surface area (TPSA) is 110 Å². The summed E-state index contributed by atoms with van der Waals surface area (Å²) in [6.45, 7) is 2.24. The number of anilines is 1. The predicted molar refractivity (Wildman–Crippen MR) is 127 cm³/mol. The van der Waals surface area contributed by atoms with Gasteiger partial charge in [0.25, 0.3) is 0 Å². The van der Waals surface area contributed by atoms with Crippen LogP contribution in [0.1, 0.15) is 16.7 Å². The van der Waals surface area contributed by atoms with Crippen LogP contribution >= 0.6 is 0 Å². The van der Waals surface area contributed by atoms with Crippen molar-refractivity contribution in [3.63, 3.8) is 0 Å². The van der Waals surface area contributed by atoms with Crippen molar-refractivity contribution < 1.29 is 4.74 Å². The zero-order valence-electron chi connectivity index (χ0n) is 17.9. The van der Waals surface area contributed by atoms with Gasteiger partial charge in [-0.25, -0.2) is 4.98 Å². The van der Waals surface area contributed by atoms with Crippen molar-refractivity contribution in [3.05, 3.63) is 77.5 Å². The quantitative estimate of drug-likeness (QED) is 0.396. The summed E-state index contributed by atoms with van der Waals surface area (Å²) in [5.41, 5.74) is 6.22. The van der Waals surface area contributed by atoms with Crippen molar-refractivity contribution in [1.82, 2.24) is 15.3 Å². The first-order valence-corrected chi connectivity index (χ1v) is 10.9. The molecule has 7 heteroatoms. The second kappa shape index (κ2) is 9.04. The first kappa shape index (κ1) is 20.6. The third-order valence-electron chi connectivity index (χ3n) is 5.76. The molecular weight excluding hydrogens is 412 g/mol. The van der Waals surface area contributed by atoms with E-state index in [1.807, 2.05) is 48.5 Å². The van der Waals surface area contributed by atoms with Crippen LogP contribution in [0.2, 0.25) is 0 Å². The smallest absolute Gasteiger partial charge is 0.237 e. The third-order valence-corrected chi connectivity index (χ3v) is 5.76. The van der Waals surface area contributed by atoms with Crippen LogP contribution in [0, 0.1) is 22.7 Å². The number of nitrogens with one attached hydrogen (secondary N) is 3. The lowest BCUT2D eigenvalue weighted by Gasteiger charge is -2.27. The summed E-state index contributed by atoms with van der Waals surface area (Å²) in [6, 6.07) is 21.7. The average Bonchev–Trinajstić information content (AvgIpc) is 3.30. The number of aromatic nitrogens is 2. The minimum absolute atomic E-state index is 0.00528. The molecule has 2 aromatic carbocycles. The molecule has 4 aromatic rings. The summed E-state index contributed by atoms with van der Waals surface area (Å²) < 4.78 is 6.08. The van der Waals surface area contributed by atoms with Gasteiger partial charge in [-0.3, -0.25) is 0 Å². The van der Waals surface area contributed by atoms with Crippen LogP contribution in [0.4, 0.5) is 5.69 Å². The molecule has 162 valence electrons. The molecule has 5 rings (SSSR count). The first-order chi connectivity index (χ1) is 16.2. The van der Waals surface area contributed by atoms with E-state index in [9.17, 15) is 0 Å². The third kappa shape index (κ3) is 4.50. The molecule has 0 radical (unpaired) electrons. The number of nitrogens with zero attached hydrogens (tertiary/aromatic N) is 3. The molecule has 33 heavy (non-hydrogen) atoms. The maximum absolute atomic E-state index is 9.10. The Morgan fingerprint density at radius 1 is 1.03 bits per heavy atom. The van der Waals surface area contributed by atoms with Crippen molar-refractivity contribution in [2.24, 2.45) is 0 Å². The highest BCUT2D eigenvalue weighted by Crippen LogP contribution is 2.32. The van der Waals surface area contributed by atoms with Gasteiger partial charge in [-0.05, 0) is 54.9 Å². The number of hydrogen-bond acceptors (Lipinski definition) is 6. The Labute approximate surface area is 191 Å². The zero-order valence-corrected chi connectivity index (χ0v) is 17.9. The van der Waals surface area contributed by atoms with Gasteiger partial charge in [0.2, 0.25) is 5.88 Å². The summed E-state index contributed by atoms with van der Waals surface area (Å²) in [4.78, 5) is 7.90. The Balaban J connectivity index is 1.18. The van der Waals surface area contributed by atoms with Crippen LogP contribution in [0.5, 0.6) is 5.88 Å². The molecule has 1 aliphatic rings. The fourth-order valence-electron chi connectivity index (χ4n) is 3.95. The van der Waals surface area contributed by atoms with E-state index in [0.29, 0.717) is 23.6 Å². The van der Waals surface area contributed by atoms with Crippen LogP contribution in [0.25, 0.3) is 22.2 Å². The number of fused-ring (bicyclic) bond motifs is 2. The molecule has 2 aromatic heterocycles. The van der Waals surface area contributed by atoms with Gasteiger partial charge in [-0.15, -0.1) is 0 Å². The Kier molecular flexibility index (Phi) is 5.63. The SMILES string of the molecule is N#Cc1ccc(CCNC[C@@H]2CNc3cc(-c4cc5ccc(C#N)cc5[nH]4)cnc3O2)cc1. The van der Waals surface area contributed by atoms with Crippen LogP contribution in [0.3, 0.4) is 0 Å². The van der Waals surface area contributed by atoms with Gasteiger partial charge in [-0.1, -0.05) is 18.2 Å². The van der Waals surface area contributed by atoms with Gasteiger partial charge in [0.15, 0.2) is 0 Å². The second-order valence-corrected chi connectivity index (χ2v) is 8.06. The molecule has 1 atom stereocenters. The molecule has 1 aliphatic heterocycles. The minimum atomic E-state index is -0.00528. The summed E-state index contributed by atoms with van der Waals surface area (Å²) in [5.74, 6) is 0.603. The molecule has 3 heterocycles. The maximum Gasteiger partial charge on any atom is 0.237 e. The molecule has 3 N–H and O–H groups in total. The Hall–Kier alpha value is -4.33. The predicted octanol–water partition coefficient (Wildman–Crippen LogP) is 3.98. The van der Waals surface area contributed by atoms with E-state index in [2.05, 4.69) is 38.8 Å². The van der Waals surface area contributed by atoms with Crippen molar-refractivity contribution in [3.8, 4) is 29.3 Å². The van der Waals surface area contributed by atoms with Gasteiger partial charge >= 0.3 is 0 Å². The number of aromatic amines is 1. The van der Waals surface area contributed by atoms with E-state index in [1.165, 1.54) is 5.56 Å². The number of ether oxygens (including phenoxy) is 1. The highest BCUT2D eigenvalue weighted by atomic mass is 16.5. The van der Waals surface area contributed by atoms with E-state index < -0.39 is 0 Å². The second-order valence-electron chi connectivity index (χ2n) is 8.06. The van der Waals surface area contributed by atoms with Crippen LogP contribution < -0.4 is 15.4 Å². The standard InChI is InChI=1S/C26H22N6O/c27-12-18-3-1-17(2-4-18)7-8-29-15-22-16-30-25-11-21(14-31-26(25)33-22)24-10-20-6-5-19(13-28)9-23(20)32-24/h1-6,9-11,14,22,29-30,32H,7-8,15-16H2/t22-/m1/s1. The average molecular weight is 435 g/mol. The van der Waals surface area contributed by atoms with Crippen molar-refractivity contribution in [2.75, 3.05) is 25.0 Å². The van der Waals surface area contributed by atoms with Gasteiger partial charge in [-0.2, -0.15) is 10.5 Å². The fraction of sp³-hybridized carbons (Fsp3) is 0.192. The van der Waals surface area contributed by atoms with E-state index in [4.69, 9.17) is 15.3 Å². The zero-order chi connectivity index (χ0) is 22.6. The monoisotopic (exact) mass is 434 g/mol. The molecule has 7 nitrogen and oxygen atoms in total. The number of rotatable bonds is 6. The highest BCUT2D eigenvalue weighted by Gasteiger charge is 2.21. The number of nitriles is 2. The summed E-state index contributed by atoms with van der Waals surface area (Å²) in [5, 5.41) is 25.9. The Morgan fingerprint density at radius 3 is 2.67 bits per heavy atom. The molecule has 0 saturated heterocycles. The van der Waals surface area contributed by atoms with Crippen LogP contribution in [0.15, 0.2) is 60.8 Å². The lowest BCUT2D eigenvalue weighted by atomic mass is 10.1. The van der Waals surface area contributed by atoms with E-state index in [-0.39, 0.29) is 6.10 Å². The van der Waals surface area contributed by atoms with E-state index >= 15 is 0 Å². The summed E-state index contributed by atoms with van der Waals surface area (Å²) in [6.07, 6.45) is 2.69. The van der Waals surface area contributed by atoms with Crippen LogP contribution in [-0.2, 0) is 6.42 Å². The van der Waals surface area contributed by atoms with Crippen molar-refractivity contribution in [2.45, 2.75) is 12.5 Å². The van der Waals surface area contributed by atoms with Gasteiger partial charge < -0.3 is 20.4 Å². The lowest BCUT2D eigenvalue weighted by molar-refractivity contribution is 0.194. The number of benzene rings is 2. The molecule has 0 fully saturated rings. The maximum atomic E-state index is 9.10. The molecule has 0 saturated carbocycles. The molecular formula is C26H22N6O. The molecule has 0 spiro atoms. The Bertz CT molecular complexity index is 1380. The van der Waals surface area contributed by atoms with Gasteiger partial charge in [0.05, 0.1) is 35.5 Å². The van der Waals surface area contributed by atoms with Crippen molar-refractivity contribution >= 4 is 16.6 Å². The van der Waals surface area contributed by atoms with Crippen molar-refractivity contribution in [1.29, 1.82) is 10.5 Å². The summed E-state index contributed by atoms with van der Waals surface area (Å²) >= 11 is 0. The summed E-state index contributed by atoms with van der Waals surface area (Å²) in [7, 11) is 0. The lowest BCUT2D eigenvalue weighted by Crippen LogP contribution is -2.40. The largest absolute Gasteiger partial charge is 0.470 e. The normalized spacial score (nSPS) is 14.5. The number of pyridine rings is 1. The van der Waals surface area contributed by atoms with E-state index in [1.54, 1.807) is 6.20 Å². The fourth-order valence-corrected chi connectivity index (χ4v) is 3.95. The minimum Gasteiger partial charge on any atom is -0.470 e. The number of hydrogen-bond donors (Lipinski definition) is 3. The molecule has 0 aliphatic carbocycles. The van der Waals surface area contributed by atoms with E-state index in [0.717, 1.165) is 47.4 Å². The first-order valence-electron chi connectivity index (χ1n) is 10.9. The molecule has 0 unspecified atom stereocenters. The number of H-pyrrole nitrogens is 1. The highest BCUT2D eigenvalue weighted by molar-refractivity contribution is 5.87. The van der Waals surface area contributed by atoms with Crippen LogP contribution in [-0.4, -0.2) is 35.7 Å².